The van der Waals surface area contributed by atoms with Gasteiger partial charge in [0.05, 0.1) is 0 Å². The molecule has 106 valence electrons. The van der Waals surface area contributed by atoms with Gasteiger partial charge in [-0.2, -0.15) is 0 Å². The third-order valence-corrected chi connectivity index (χ3v) is 5.76. The van der Waals surface area contributed by atoms with E-state index in [-0.39, 0.29) is 0 Å². The number of nitrogens with two attached hydrogens (primary N) is 1. The fraction of sp³-hybridized carbons (Fsp3) is 0.625. The molecule has 1 aliphatic carbocycles. The maximum atomic E-state index is 6.07. The van der Waals surface area contributed by atoms with E-state index < -0.39 is 0 Å². The Labute approximate surface area is 126 Å². The van der Waals surface area contributed by atoms with Crippen LogP contribution in [0.25, 0.3) is 0 Å². The molecule has 0 spiro atoms. The molecule has 19 heavy (non-hydrogen) atoms. The molecule has 0 aromatic heterocycles. The van der Waals surface area contributed by atoms with Crippen molar-refractivity contribution in [2.75, 3.05) is 6.54 Å². The van der Waals surface area contributed by atoms with Gasteiger partial charge in [-0.3, -0.25) is 0 Å². The summed E-state index contributed by atoms with van der Waals surface area (Å²) in [5.41, 5.74) is 5.96. The Balaban J connectivity index is 2.01. The second-order valence-corrected chi connectivity index (χ2v) is 7.33. The van der Waals surface area contributed by atoms with Crippen LogP contribution in [0, 0.1) is 11.8 Å². The Morgan fingerprint density at radius 2 is 2.21 bits per heavy atom. The zero-order valence-electron chi connectivity index (χ0n) is 11.6. The van der Waals surface area contributed by atoms with E-state index in [0.29, 0.717) is 11.2 Å². The Morgan fingerprint density at radius 3 is 2.89 bits per heavy atom. The Kier molecular flexibility index (Phi) is 6.06. The van der Waals surface area contributed by atoms with Gasteiger partial charge in [-0.25, -0.2) is 0 Å². The number of benzene rings is 1. The molecule has 1 fully saturated rings. The van der Waals surface area contributed by atoms with Crippen molar-refractivity contribution < 1.29 is 0 Å². The zero-order valence-corrected chi connectivity index (χ0v) is 13.2. The molecule has 0 bridgehead atoms. The molecule has 1 aromatic carbocycles. The maximum absolute atomic E-state index is 6.07. The zero-order chi connectivity index (χ0) is 13.7. The van der Waals surface area contributed by atoms with Crippen LogP contribution in [0.3, 0.4) is 0 Å². The van der Waals surface area contributed by atoms with E-state index in [9.17, 15) is 0 Å². The molecule has 3 atom stereocenters. The normalized spacial score (nSPS) is 27.4. The van der Waals surface area contributed by atoms with Crippen LogP contribution >= 0.6 is 23.4 Å². The lowest BCUT2D eigenvalue weighted by Crippen LogP contribution is -2.32. The molecule has 0 aliphatic heterocycles. The van der Waals surface area contributed by atoms with Gasteiger partial charge in [-0.05, 0) is 49.4 Å². The van der Waals surface area contributed by atoms with Crippen molar-refractivity contribution in [1.82, 2.24) is 0 Å². The molecule has 1 saturated carbocycles. The lowest BCUT2D eigenvalue weighted by molar-refractivity contribution is 0.276. The van der Waals surface area contributed by atoms with Crippen LogP contribution in [0.15, 0.2) is 29.2 Å². The van der Waals surface area contributed by atoms with Gasteiger partial charge in [0.2, 0.25) is 0 Å². The predicted octanol–water partition coefficient (Wildman–Crippen LogP) is 4.98. The van der Waals surface area contributed by atoms with E-state index in [1.807, 2.05) is 23.9 Å². The fourth-order valence-corrected chi connectivity index (χ4v) is 4.84. The van der Waals surface area contributed by atoms with Gasteiger partial charge in [0, 0.05) is 15.2 Å². The van der Waals surface area contributed by atoms with E-state index in [1.54, 1.807) is 0 Å². The highest BCUT2D eigenvalue weighted by Gasteiger charge is 2.29. The molecule has 0 amide bonds. The molecule has 0 saturated heterocycles. The molecule has 2 rings (SSSR count). The molecular weight excluding hydrogens is 274 g/mol. The summed E-state index contributed by atoms with van der Waals surface area (Å²) in [7, 11) is 0. The van der Waals surface area contributed by atoms with Gasteiger partial charge in [0.25, 0.3) is 0 Å². The number of rotatable bonds is 5. The van der Waals surface area contributed by atoms with Crippen molar-refractivity contribution in [2.24, 2.45) is 17.6 Å². The average Bonchev–Trinajstić information content (AvgIpc) is 2.39. The largest absolute Gasteiger partial charge is 0.330 e. The van der Waals surface area contributed by atoms with Crippen molar-refractivity contribution >= 4 is 23.4 Å². The topological polar surface area (TPSA) is 26.0 Å². The number of halogens is 1. The first-order valence-electron chi connectivity index (χ1n) is 7.35. The minimum absolute atomic E-state index is 0.661. The molecule has 1 nitrogen and oxygen atoms in total. The van der Waals surface area contributed by atoms with Gasteiger partial charge < -0.3 is 5.73 Å². The summed E-state index contributed by atoms with van der Waals surface area (Å²) in [5, 5.41) is 1.49. The number of thioether (sulfide) groups is 1. The smallest absolute Gasteiger partial charge is 0.0417 e. The molecule has 1 aromatic rings. The molecule has 3 heteroatoms. The van der Waals surface area contributed by atoms with Crippen molar-refractivity contribution in [3.8, 4) is 0 Å². The third kappa shape index (κ3) is 4.40. The van der Waals surface area contributed by atoms with Crippen LogP contribution in [0.5, 0.6) is 0 Å². The van der Waals surface area contributed by atoms with Gasteiger partial charge in [-0.1, -0.05) is 43.9 Å². The first kappa shape index (κ1) is 15.2. The Bertz CT molecular complexity index is 396. The van der Waals surface area contributed by atoms with Gasteiger partial charge in [-0.15, -0.1) is 11.8 Å². The fourth-order valence-electron chi connectivity index (χ4n) is 3.07. The second kappa shape index (κ2) is 7.56. The van der Waals surface area contributed by atoms with Crippen molar-refractivity contribution in [3.05, 3.63) is 29.3 Å². The highest BCUT2D eigenvalue weighted by atomic mass is 35.5. The standard InChI is InChI=1S/C16H24ClNS/c1-2-4-12-7-8-13(11-18)16(9-12)19-15-6-3-5-14(17)10-15/h3,5-6,10,12-13,16H,2,4,7-9,11,18H2,1H3. The van der Waals surface area contributed by atoms with E-state index in [0.717, 1.165) is 17.5 Å². The first-order chi connectivity index (χ1) is 9.22. The lowest BCUT2D eigenvalue weighted by Gasteiger charge is -2.35. The number of hydrogen-bond acceptors (Lipinski definition) is 2. The molecule has 3 unspecified atom stereocenters. The Morgan fingerprint density at radius 1 is 1.37 bits per heavy atom. The summed E-state index contributed by atoms with van der Waals surface area (Å²) in [6.07, 6.45) is 6.63. The Hall–Kier alpha value is -0.180. The van der Waals surface area contributed by atoms with Gasteiger partial charge >= 0.3 is 0 Å². The highest BCUT2D eigenvalue weighted by Crippen LogP contribution is 2.41. The van der Waals surface area contributed by atoms with Crippen LogP contribution in [-0.2, 0) is 0 Å². The maximum Gasteiger partial charge on any atom is 0.0417 e. The summed E-state index contributed by atoms with van der Waals surface area (Å²) < 4.78 is 0. The lowest BCUT2D eigenvalue weighted by atomic mass is 9.80. The molecule has 0 heterocycles. The highest BCUT2D eigenvalue weighted by molar-refractivity contribution is 8.00. The van der Waals surface area contributed by atoms with Crippen LogP contribution in [-0.4, -0.2) is 11.8 Å². The number of hydrogen-bond donors (Lipinski definition) is 1. The SMILES string of the molecule is CCCC1CCC(CN)C(Sc2cccc(Cl)c2)C1. The van der Waals surface area contributed by atoms with Crippen LogP contribution in [0.4, 0.5) is 0 Å². The first-order valence-corrected chi connectivity index (χ1v) is 8.61. The van der Waals surface area contributed by atoms with Crippen molar-refractivity contribution in [3.63, 3.8) is 0 Å². The van der Waals surface area contributed by atoms with E-state index in [4.69, 9.17) is 17.3 Å². The van der Waals surface area contributed by atoms with Crippen LogP contribution in [0.2, 0.25) is 5.02 Å². The minimum atomic E-state index is 0.661. The summed E-state index contributed by atoms with van der Waals surface area (Å²) in [5.74, 6) is 1.56. The average molecular weight is 298 g/mol. The predicted molar refractivity (Wildman–Crippen MR) is 85.9 cm³/mol. The van der Waals surface area contributed by atoms with Gasteiger partial charge in [0.15, 0.2) is 0 Å². The molecule has 1 aliphatic rings. The summed E-state index contributed by atoms with van der Waals surface area (Å²) in [6.45, 7) is 3.10. The van der Waals surface area contributed by atoms with Crippen molar-refractivity contribution in [1.29, 1.82) is 0 Å². The molecular formula is C16H24ClNS. The van der Waals surface area contributed by atoms with E-state index in [2.05, 4.69) is 19.1 Å². The summed E-state index contributed by atoms with van der Waals surface area (Å²) >= 11 is 8.05. The monoisotopic (exact) mass is 297 g/mol. The summed E-state index contributed by atoms with van der Waals surface area (Å²) in [6, 6.07) is 8.21. The minimum Gasteiger partial charge on any atom is -0.330 e. The quantitative estimate of drug-likeness (QED) is 0.830. The second-order valence-electron chi connectivity index (χ2n) is 5.58. The summed E-state index contributed by atoms with van der Waals surface area (Å²) in [4.78, 5) is 1.29. The van der Waals surface area contributed by atoms with Crippen molar-refractivity contribution in [2.45, 2.75) is 49.2 Å². The van der Waals surface area contributed by atoms with E-state index >= 15 is 0 Å². The molecule has 0 radical (unpaired) electrons. The van der Waals surface area contributed by atoms with Crippen LogP contribution < -0.4 is 5.73 Å². The van der Waals surface area contributed by atoms with E-state index in [1.165, 1.54) is 37.0 Å². The van der Waals surface area contributed by atoms with Crippen LogP contribution in [0.1, 0.15) is 39.0 Å². The third-order valence-electron chi connectivity index (χ3n) is 4.12. The molecule has 2 N–H and O–H groups in total. The van der Waals surface area contributed by atoms with Gasteiger partial charge in [0.1, 0.15) is 0 Å².